The number of amides is 2. The summed E-state index contributed by atoms with van der Waals surface area (Å²) in [4.78, 5) is 29.4. The van der Waals surface area contributed by atoms with Gasteiger partial charge in [-0.2, -0.15) is 0 Å². The van der Waals surface area contributed by atoms with Crippen molar-refractivity contribution in [2.45, 2.75) is 47.5 Å². The predicted octanol–water partition coefficient (Wildman–Crippen LogP) is 3.74. The van der Waals surface area contributed by atoms with Crippen LogP contribution in [0.5, 0.6) is 0 Å². The molecule has 1 aromatic carbocycles. The van der Waals surface area contributed by atoms with Gasteiger partial charge in [-0.15, -0.1) is 0 Å². The Balaban J connectivity index is 2.16. The highest BCUT2D eigenvalue weighted by Gasteiger charge is 2.37. The number of benzene rings is 1. The minimum atomic E-state index is -0.227. The Kier molecular flexibility index (Phi) is 6.63. The number of hydrogen-bond donors (Lipinski definition) is 0. The van der Waals surface area contributed by atoms with Crippen LogP contribution in [0.25, 0.3) is 0 Å². The van der Waals surface area contributed by atoms with Gasteiger partial charge in [-0.25, -0.2) is 0 Å². The third-order valence-corrected chi connectivity index (χ3v) is 4.62. The van der Waals surface area contributed by atoms with E-state index < -0.39 is 0 Å². The zero-order valence-corrected chi connectivity index (χ0v) is 16.3. The zero-order valence-electron chi connectivity index (χ0n) is 16.3. The van der Waals surface area contributed by atoms with Crippen LogP contribution in [0.3, 0.4) is 0 Å². The highest BCUT2D eigenvalue weighted by Crippen LogP contribution is 2.29. The van der Waals surface area contributed by atoms with Gasteiger partial charge in [0.25, 0.3) is 0 Å². The molecule has 2 rings (SSSR count). The molecule has 1 aliphatic heterocycles. The molecule has 0 bridgehead atoms. The molecule has 0 spiro atoms. The average molecular weight is 344 g/mol. The van der Waals surface area contributed by atoms with Crippen molar-refractivity contribution in [1.29, 1.82) is 0 Å². The maximum atomic E-state index is 13.0. The van der Waals surface area contributed by atoms with Crippen molar-refractivity contribution in [3.8, 4) is 0 Å². The maximum Gasteiger partial charge on any atom is 0.228 e. The van der Waals surface area contributed by atoms with E-state index in [2.05, 4.69) is 40.7 Å². The summed E-state index contributed by atoms with van der Waals surface area (Å²) >= 11 is 0. The number of carbonyl (C=O) groups is 2. The van der Waals surface area contributed by atoms with Crippen molar-refractivity contribution < 1.29 is 9.59 Å². The van der Waals surface area contributed by atoms with Gasteiger partial charge in [-0.1, -0.05) is 52.8 Å². The Hall–Kier alpha value is -1.84. The van der Waals surface area contributed by atoms with E-state index >= 15 is 0 Å². The van der Waals surface area contributed by atoms with Gasteiger partial charge in [0.05, 0.1) is 5.92 Å². The van der Waals surface area contributed by atoms with E-state index in [1.807, 2.05) is 28.0 Å². The molecule has 0 aliphatic carbocycles. The third-order valence-electron chi connectivity index (χ3n) is 4.62. The van der Waals surface area contributed by atoms with E-state index in [-0.39, 0.29) is 17.7 Å². The molecule has 1 fully saturated rings. The summed E-state index contributed by atoms with van der Waals surface area (Å²) in [5.74, 6) is 0.823. The van der Waals surface area contributed by atoms with Gasteiger partial charge < -0.3 is 9.80 Å². The van der Waals surface area contributed by atoms with Crippen LogP contribution in [0.4, 0.5) is 5.69 Å². The fourth-order valence-electron chi connectivity index (χ4n) is 3.57. The molecule has 2 amide bonds. The molecule has 1 saturated heterocycles. The molecule has 0 N–H and O–H groups in total. The molecular formula is C21H32N2O2. The van der Waals surface area contributed by atoms with E-state index in [1.54, 1.807) is 0 Å². The van der Waals surface area contributed by atoms with Crippen molar-refractivity contribution in [3.63, 3.8) is 0 Å². The van der Waals surface area contributed by atoms with Crippen LogP contribution in [-0.2, 0) is 16.0 Å². The normalized spacial score (nSPS) is 17.6. The van der Waals surface area contributed by atoms with Gasteiger partial charge in [-0.3, -0.25) is 9.59 Å². The highest BCUT2D eigenvalue weighted by molar-refractivity contribution is 6.00. The molecule has 0 aromatic heterocycles. The predicted molar refractivity (Wildman–Crippen MR) is 103 cm³/mol. The zero-order chi connectivity index (χ0) is 18.6. The summed E-state index contributed by atoms with van der Waals surface area (Å²) in [5.41, 5.74) is 2.12. The Morgan fingerprint density at radius 2 is 1.76 bits per heavy atom. The van der Waals surface area contributed by atoms with E-state index in [1.165, 1.54) is 0 Å². The van der Waals surface area contributed by atoms with Crippen molar-refractivity contribution in [3.05, 3.63) is 29.8 Å². The Morgan fingerprint density at radius 3 is 2.32 bits per heavy atom. The number of hydrogen-bond acceptors (Lipinski definition) is 2. The SMILES string of the molecule is CCc1ccccc1N1CC(C(=O)N(CC(C)C)CC(C)C)CC1=O. The number of para-hydroxylation sites is 1. The summed E-state index contributed by atoms with van der Waals surface area (Å²) in [6.07, 6.45) is 1.20. The number of rotatable bonds is 7. The molecule has 1 aromatic rings. The van der Waals surface area contributed by atoms with Crippen LogP contribution in [0.15, 0.2) is 24.3 Å². The second kappa shape index (κ2) is 8.50. The first-order chi connectivity index (χ1) is 11.8. The molecule has 1 aliphatic rings. The van der Waals surface area contributed by atoms with Gasteiger partial charge in [0.15, 0.2) is 0 Å². The fraction of sp³-hybridized carbons (Fsp3) is 0.619. The van der Waals surface area contributed by atoms with Gasteiger partial charge in [0, 0.05) is 31.7 Å². The van der Waals surface area contributed by atoms with E-state index in [0.29, 0.717) is 24.8 Å². The Bertz CT molecular complexity index is 600. The van der Waals surface area contributed by atoms with Gasteiger partial charge in [-0.05, 0) is 29.9 Å². The quantitative estimate of drug-likeness (QED) is 0.756. The second-order valence-electron chi connectivity index (χ2n) is 7.92. The molecule has 4 nitrogen and oxygen atoms in total. The van der Waals surface area contributed by atoms with E-state index in [4.69, 9.17) is 0 Å². The molecule has 1 atom stereocenters. The lowest BCUT2D eigenvalue weighted by Crippen LogP contribution is -2.41. The smallest absolute Gasteiger partial charge is 0.228 e. The molecule has 25 heavy (non-hydrogen) atoms. The van der Waals surface area contributed by atoms with E-state index in [9.17, 15) is 9.59 Å². The van der Waals surface area contributed by atoms with Crippen LogP contribution in [0.1, 0.15) is 46.6 Å². The summed E-state index contributed by atoms with van der Waals surface area (Å²) in [7, 11) is 0. The van der Waals surface area contributed by atoms with Gasteiger partial charge >= 0.3 is 0 Å². The third kappa shape index (κ3) is 4.83. The minimum absolute atomic E-state index is 0.0632. The maximum absolute atomic E-state index is 13.0. The summed E-state index contributed by atoms with van der Waals surface area (Å²) in [6.45, 7) is 12.6. The first kappa shape index (κ1) is 19.5. The average Bonchev–Trinajstić information content (AvgIpc) is 2.94. The largest absolute Gasteiger partial charge is 0.342 e. The first-order valence-corrected chi connectivity index (χ1v) is 9.50. The number of carbonyl (C=O) groups excluding carboxylic acids is 2. The number of nitrogens with zero attached hydrogens (tertiary/aromatic N) is 2. The molecule has 138 valence electrons. The van der Waals surface area contributed by atoms with Crippen LogP contribution < -0.4 is 4.90 Å². The lowest BCUT2D eigenvalue weighted by atomic mass is 10.0. The standard InChI is InChI=1S/C21H32N2O2/c1-6-17-9-7-8-10-19(17)23-14-18(11-20(23)24)21(25)22(12-15(2)3)13-16(4)5/h7-10,15-16,18H,6,11-14H2,1-5H3. The Morgan fingerprint density at radius 1 is 1.16 bits per heavy atom. The fourth-order valence-corrected chi connectivity index (χ4v) is 3.57. The van der Waals surface area contributed by atoms with Gasteiger partial charge in [0.2, 0.25) is 11.8 Å². The van der Waals surface area contributed by atoms with Crippen LogP contribution in [0.2, 0.25) is 0 Å². The highest BCUT2D eigenvalue weighted by atomic mass is 16.2. The van der Waals surface area contributed by atoms with Crippen molar-refractivity contribution in [2.24, 2.45) is 17.8 Å². The minimum Gasteiger partial charge on any atom is -0.342 e. The lowest BCUT2D eigenvalue weighted by Gasteiger charge is -2.29. The summed E-state index contributed by atoms with van der Waals surface area (Å²) in [5, 5.41) is 0. The van der Waals surface area contributed by atoms with Crippen LogP contribution in [-0.4, -0.2) is 36.3 Å². The van der Waals surface area contributed by atoms with Crippen molar-refractivity contribution >= 4 is 17.5 Å². The van der Waals surface area contributed by atoms with Crippen LogP contribution in [0, 0.1) is 17.8 Å². The van der Waals surface area contributed by atoms with Crippen LogP contribution >= 0.6 is 0 Å². The van der Waals surface area contributed by atoms with Gasteiger partial charge in [0.1, 0.15) is 0 Å². The number of aryl methyl sites for hydroxylation is 1. The molecule has 0 saturated carbocycles. The first-order valence-electron chi connectivity index (χ1n) is 9.50. The monoisotopic (exact) mass is 344 g/mol. The lowest BCUT2D eigenvalue weighted by molar-refractivity contribution is -0.136. The van der Waals surface area contributed by atoms with Crippen molar-refractivity contribution in [2.75, 3.05) is 24.5 Å². The topological polar surface area (TPSA) is 40.6 Å². The van der Waals surface area contributed by atoms with E-state index in [0.717, 1.165) is 30.8 Å². The molecule has 0 radical (unpaired) electrons. The summed E-state index contributed by atoms with van der Waals surface area (Å²) in [6, 6.07) is 8.00. The molecule has 1 heterocycles. The Labute approximate surface area is 152 Å². The molecular weight excluding hydrogens is 312 g/mol. The molecule has 1 unspecified atom stereocenters. The number of anilines is 1. The van der Waals surface area contributed by atoms with Crippen molar-refractivity contribution in [1.82, 2.24) is 4.90 Å². The summed E-state index contributed by atoms with van der Waals surface area (Å²) < 4.78 is 0. The second-order valence-corrected chi connectivity index (χ2v) is 7.92. The molecule has 4 heteroatoms.